The molecule has 1 saturated carbocycles. The zero-order valence-electron chi connectivity index (χ0n) is 15.1. The van der Waals surface area contributed by atoms with Crippen molar-refractivity contribution in [2.75, 3.05) is 32.7 Å². The molecule has 0 atom stereocenters. The molecule has 0 aromatic heterocycles. The van der Waals surface area contributed by atoms with Gasteiger partial charge in [0, 0.05) is 13.1 Å². The normalized spacial score (nSPS) is 18.3. The fourth-order valence-corrected chi connectivity index (χ4v) is 3.73. The van der Waals surface area contributed by atoms with Gasteiger partial charge in [0.1, 0.15) is 0 Å². The first kappa shape index (κ1) is 19.0. The summed E-state index contributed by atoms with van der Waals surface area (Å²) in [5.41, 5.74) is 0.564. The van der Waals surface area contributed by atoms with Crippen LogP contribution in [0, 0.1) is 5.41 Å². The van der Waals surface area contributed by atoms with Crippen molar-refractivity contribution < 1.29 is 0 Å². The van der Waals surface area contributed by atoms with Crippen LogP contribution in [0.1, 0.15) is 85.0 Å². The Hall–Kier alpha value is -0.0800. The van der Waals surface area contributed by atoms with E-state index in [1.54, 1.807) is 0 Å². The van der Waals surface area contributed by atoms with Crippen LogP contribution in [0.3, 0.4) is 0 Å². The van der Waals surface area contributed by atoms with E-state index in [4.69, 9.17) is 0 Å². The van der Waals surface area contributed by atoms with Gasteiger partial charge in [0.05, 0.1) is 0 Å². The number of unbranched alkanes of at least 4 members (excludes halogenated alkanes) is 2. The average molecular weight is 297 g/mol. The SMILES string of the molecule is CCCCN(CCCC)CC1(CNCCC)CCCCC1. The van der Waals surface area contributed by atoms with Crippen LogP contribution in [0.15, 0.2) is 0 Å². The van der Waals surface area contributed by atoms with Gasteiger partial charge in [-0.15, -0.1) is 0 Å². The molecule has 1 aliphatic rings. The minimum atomic E-state index is 0.564. The third-order valence-electron chi connectivity index (χ3n) is 5.06. The van der Waals surface area contributed by atoms with Crippen LogP contribution in [0.25, 0.3) is 0 Å². The van der Waals surface area contributed by atoms with Crippen molar-refractivity contribution >= 4 is 0 Å². The molecule has 0 spiro atoms. The van der Waals surface area contributed by atoms with E-state index in [1.807, 2.05) is 0 Å². The molecular weight excluding hydrogens is 256 g/mol. The van der Waals surface area contributed by atoms with Crippen LogP contribution in [0.5, 0.6) is 0 Å². The first-order chi connectivity index (χ1) is 10.3. The van der Waals surface area contributed by atoms with E-state index in [0.717, 1.165) is 0 Å². The number of nitrogens with one attached hydrogen (secondary N) is 1. The highest BCUT2D eigenvalue weighted by molar-refractivity contribution is 4.88. The summed E-state index contributed by atoms with van der Waals surface area (Å²) in [5, 5.41) is 3.74. The predicted molar refractivity (Wildman–Crippen MR) is 94.9 cm³/mol. The molecule has 0 aromatic carbocycles. The summed E-state index contributed by atoms with van der Waals surface area (Å²) < 4.78 is 0. The van der Waals surface area contributed by atoms with Crippen molar-refractivity contribution in [2.45, 2.75) is 85.0 Å². The molecule has 0 aliphatic heterocycles. The van der Waals surface area contributed by atoms with Crippen molar-refractivity contribution in [2.24, 2.45) is 5.41 Å². The van der Waals surface area contributed by atoms with Gasteiger partial charge in [0.15, 0.2) is 0 Å². The van der Waals surface area contributed by atoms with Crippen molar-refractivity contribution in [3.05, 3.63) is 0 Å². The topological polar surface area (TPSA) is 15.3 Å². The quantitative estimate of drug-likeness (QED) is 0.518. The summed E-state index contributed by atoms with van der Waals surface area (Å²) in [6.07, 6.45) is 13.9. The van der Waals surface area contributed by atoms with Crippen LogP contribution < -0.4 is 5.32 Å². The van der Waals surface area contributed by atoms with Crippen LogP contribution in [-0.2, 0) is 0 Å². The standard InChI is InChI=1S/C19H40N2/c1-4-7-15-21(16-8-5-2)18-19(17-20-14-6-3)12-10-9-11-13-19/h20H,4-18H2,1-3H3. The van der Waals surface area contributed by atoms with Crippen LogP contribution in [0.4, 0.5) is 0 Å². The Kier molecular flexibility index (Phi) is 10.4. The van der Waals surface area contributed by atoms with E-state index in [1.165, 1.54) is 96.9 Å². The first-order valence-corrected chi connectivity index (χ1v) is 9.69. The largest absolute Gasteiger partial charge is 0.316 e. The third kappa shape index (κ3) is 7.65. The molecule has 0 unspecified atom stereocenters. The molecule has 0 amide bonds. The molecule has 2 nitrogen and oxygen atoms in total. The summed E-state index contributed by atoms with van der Waals surface area (Å²) in [7, 11) is 0. The Bertz CT molecular complexity index is 226. The molecule has 1 fully saturated rings. The first-order valence-electron chi connectivity index (χ1n) is 9.69. The maximum absolute atomic E-state index is 3.74. The molecule has 0 aromatic rings. The molecule has 0 radical (unpaired) electrons. The van der Waals surface area contributed by atoms with Gasteiger partial charge in [0.2, 0.25) is 0 Å². The number of hydrogen-bond donors (Lipinski definition) is 1. The Morgan fingerprint density at radius 3 is 2.00 bits per heavy atom. The maximum Gasteiger partial charge on any atom is 0.00501 e. The van der Waals surface area contributed by atoms with E-state index in [9.17, 15) is 0 Å². The molecule has 0 saturated heterocycles. The van der Waals surface area contributed by atoms with Gasteiger partial charge < -0.3 is 10.2 Å². The minimum Gasteiger partial charge on any atom is -0.316 e. The van der Waals surface area contributed by atoms with Crippen molar-refractivity contribution in [3.63, 3.8) is 0 Å². The Morgan fingerprint density at radius 2 is 1.48 bits per heavy atom. The number of rotatable bonds is 12. The van der Waals surface area contributed by atoms with Crippen molar-refractivity contribution in [3.8, 4) is 0 Å². The van der Waals surface area contributed by atoms with Crippen LogP contribution >= 0.6 is 0 Å². The lowest BCUT2D eigenvalue weighted by molar-refractivity contribution is 0.100. The molecule has 2 heteroatoms. The Balaban J connectivity index is 2.56. The van der Waals surface area contributed by atoms with Gasteiger partial charge in [-0.3, -0.25) is 0 Å². The fraction of sp³-hybridized carbons (Fsp3) is 1.00. The van der Waals surface area contributed by atoms with Crippen molar-refractivity contribution in [1.29, 1.82) is 0 Å². The molecule has 126 valence electrons. The summed E-state index contributed by atoms with van der Waals surface area (Å²) in [4.78, 5) is 2.78. The summed E-state index contributed by atoms with van der Waals surface area (Å²) in [5.74, 6) is 0. The number of nitrogens with zero attached hydrogens (tertiary/aromatic N) is 1. The second-order valence-electron chi connectivity index (χ2n) is 7.22. The fourth-order valence-electron chi connectivity index (χ4n) is 3.73. The highest BCUT2D eigenvalue weighted by Gasteiger charge is 2.33. The van der Waals surface area contributed by atoms with Gasteiger partial charge in [0.25, 0.3) is 0 Å². The van der Waals surface area contributed by atoms with Gasteiger partial charge in [-0.05, 0) is 57.2 Å². The summed E-state index contributed by atoms with van der Waals surface area (Å²) in [6, 6.07) is 0. The maximum atomic E-state index is 3.74. The molecule has 0 heterocycles. The molecule has 1 aliphatic carbocycles. The highest BCUT2D eigenvalue weighted by atomic mass is 15.1. The van der Waals surface area contributed by atoms with E-state index < -0.39 is 0 Å². The van der Waals surface area contributed by atoms with E-state index in [-0.39, 0.29) is 0 Å². The monoisotopic (exact) mass is 296 g/mol. The minimum absolute atomic E-state index is 0.564. The smallest absolute Gasteiger partial charge is 0.00501 e. The average Bonchev–Trinajstić information content (AvgIpc) is 2.51. The van der Waals surface area contributed by atoms with Crippen molar-refractivity contribution in [1.82, 2.24) is 10.2 Å². The number of hydrogen-bond acceptors (Lipinski definition) is 2. The molecular formula is C19H40N2. The van der Waals surface area contributed by atoms with Crippen LogP contribution in [-0.4, -0.2) is 37.6 Å². The van der Waals surface area contributed by atoms with E-state index in [0.29, 0.717) is 5.41 Å². The lowest BCUT2D eigenvalue weighted by atomic mass is 9.73. The third-order valence-corrected chi connectivity index (χ3v) is 5.06. The van der Waals surface area contributed by atoms with E-state index >= 15 is 0 Å². The highest BCUT2D eigenvalue weighted by Crippen LogP contribution is 2.36. The molecule has 1 rings (SSSR count). The zero-order chi connectivity index (χ0) is 15.4. The van der Waals surface area contributed by atoms with Gasteiger partial charge in [-0.25, -0.2) is 0 Å². The second kappa shape index (κ2) is 11.5. The van der Waals surface area contributed by atoms with Crippen LogP contribution in [0.2, 0.25) is 0 Å². The van der Waals surface area contributed by atoms with Gasteiger partial charge in [-0.1, -0.05) is 52.9 Å². The Morgan fingerprint density at radius 1 is 0.857 bits per heavy atom. The zero-order valence-corrected chi connectivity index (χ0v) is 15.1. The lowest BCUT2D eigenvalue weighted by Crippen LogP contribution is -2.46. The molecule has 1 N–H and O–H groups in total. The predicted octanol–water partition coefficient (Wildman–Crippen LogP) is 4.84. The van der Waals surface area contributed by atoms with Gasteiger partial charge >= 0.3 is 0 Å². The Labute approximate surface area is 134 Å². The molecule has 21 heavy (non-hydrogen) atoms. The summed E-state index contributed by atoms with van der Waals surface area (Å²) in [6.45, 7) is 13.3. The second-order valence-corrected chi connectivity index (χ2v) is 7.22. The summed E-state index contributed by atoms with van der Waals surface area (Å²) >= 11 is 0. The lowest BCUT2D eigenvalue weighted by Gasteiger charge is -2.41. The molecule has 0 bridgehead atoms. The van der Waals surface area contributed by atoms with Gasteiger partial charge in [-0.2, -0.15) is 0 Å². The van der Waals surface area contributed by atoms with E-state index in [2.05, 4.69) is 31.0 Å².